The Labute approximate surface area is 191 Å². The second-order valence-corrected chi connectivity index (χ2v) is 8.66. The van der Waals surface area contributed by atoms with Gasteiger partial charge in [-0.25, -0.2) is 9.97 Å². The first-order valence-corrected chi connectivity index (χ1v) is 11.3. The summed E-state index contributed by atoms with van der Waals surface area (Å²) in [5.74, 6) is 0. The molecule has 0 amide bonds. The molecule has 1 heterocycles. The Balaban J connectivity index is 1.57. The van der Waals surface area contributed by atoms with Crippen LogP contribution in [0.3, 0.4) is 0 Å². The molecule has 1 aromatic heterocycles. The molecule has 2 nitrogen and oxygen atoms in total. The highest BCUT2D eigenvalue weighted by Crippen LogP contribution is 2.37. The Bertz CT molecular complexity index is 1850. The van der Waals surface area contributed by atoms with Crippen molar-refractivity contribution in [2.24, 2.45) is 0 Å². The van der Waals surface area contributed by atoms with Crippen molar-refractivity contribution in [2.45, 2.75) is 6.92 Å². The summed E-state index contributed by atoms with van der Waals surface area (Å²) in [5, 5.41) is 9.97. The van der Waals surface area contributed by atoms with Crippen LogP contribution in [0.1, 0.15) is 5.69 Å². The molecule has 0 atom stereocenters. The fourth-order valence-electron chi connectivity index (χ4n) is 5.21. The predicted octanol–water partition coefficient (Wildman–Crippen LogP) is 8.22. The van der Waals surface area contributed by atoms with Crippen molar-refractivity contribution in [1.29, 1.82) is 0 Å². The van der Waals surface area contributed by atoms with Crippen molar-refractivity contribution in [3.63, 3.8) is 0 Å². The molecule has 6 aromatic carbocycles. The molecule has 7 aromatic rings. The molecule has 0 radical (unpaired) electrons. The highest BCUT2D eigenvalue weighted by atomic mass is 14.8. The molecule has 0 aliphatic rings. The quantitative estimate of drug-likeness (QED) is 0.250. The van der Waals surface area contributed by atoms with Crippen LogP contribution in [0.15, 0.2) is 103 Å². The summed E-state index contributed by atoms with van der Waals surface area (Å²) in [4.78, 5) is 10.1. The van der Waals surface area contributed by atoms with E-state index in [0.717, 1.165) is 33.4 Å². The first-order chi connectivity index (χ1) is 16.3. The molecule has 0 saturated heterocycles. The maximum Gasteiger partial charge on any atom is 0.0972 e. The van der Waals surface area contributed by atoms with Crippen molar-refractivity contribution in [1.82, 2.24) is 9.97 Å². The van der Waals surface area contributed by atoms with Crippen molar-refractivity contribution >= 4 is 54.1 Å². The van der Waals surface area contributed by atoms with E-state index in [4.69, 9.17) is 9.97 Å². The number of rotatable bonds is 1. The van der Waals surface area contributed by atoms with Gasteiger partial charge < -0.3 is 0 Å². The minimum atomic E-state index is 0.937. The first kappa shape index (κ1) is 18.3. The molecule has 0 unspecified atom stereocenters. The molecule has 0 saturated carbocycles. The average molecular weight is 421 g/mol. The van der Waals surface area contributed by atoms with Crippen LogP contribution < -0.4 is 0 Å². The van der Waals surface area contributed by atoms with Gasteiger partial charge in [0.2, 0.25) is 0 Å². The van der Waals surface area contributed by atoms with Crippen molar-refractivity contribution in [3.8, 4) is 11.3 Å². The van der Waals surface area contributed by atoms with Crippen molar-refractivity contribution < 1.29 is 0 Å². The number of aromatic nitrogens is 2. The van der Waals surface area contributed by atoms with E-state index in [9.17, 15) is 0 Å². The van der Waals surface area contributed by atoms with Gasteiger partial charge in [-0.05, 0) is 56.8 Å². The van der Waals surface area contributed by atoms with Gasteiger partial charge in [-0.15, -0.1) is 0 Å². The van der Waals surface area contributed by atoms with Gasteiger partial charge in [0.15, 0.2) is 0 Å². The summed E-state index contributed by atoms with van der Waals surface area (Å²) in [7, 11) is 0. The maximum absolute atomic E-state index is 5.16. The van der Waals surface area contributed by atoms with Crippen molar-refractivity contribution in [2.75, 3.05) is 0 Å². The Morgan fingerprint density at radius 2 is 1.06 bits per heavy atom. The SMILES string of the molecule is Cc1nc2ccc3ccccc3c2nc1-c1ccc2c3ccccc3c3ccccc3c2c1. The standard InChI is InChI=1S/C31H20N2/c1-19-30(33-31-22-9-3-2-8-20(22)15-17-29(31)32-19)21-14-16-27-25-12-5-4-10-23(25)24-11-6-7-13-26(24)28(27)18-21/h2-18H,1H3. The minimum absolute atomic E-state index is 0.937. The Hall–Kier alpha value is -4.30. The number of aryl methyl sites for hydroxylation is 1. The normalized spacial score (nSPS) is 11.8. The Kier molecular flexibility index (Phi) is 3.80. The molecule has 0 spiro atoms. The van der Waals surface area contributed by atoms with Crippen LogP contribution in [-0.2, 0) is 0 Å². The lowest BCUT2D eigenvalue weighted by atomic mass is 9.92. The average Bonchev–Trinajstić information content (AvgIpc) is 2.88. The molecule has 33 heavy (non-hydrogen) atoms. The van der Waals surface area contributed by atoms with Crippen LogP contribution in [0.25, 0.3) is 65.4 Å². The fraction of sp³-hybridized carbons (Fsp3) is 0.0323. The van der Waals surface area contributed by atoms with E-state index in [0.29, 0.717) is 0 Å². The monoisotopic (exact) mass is 420 g/mol. The predicted molar refractivity (Wildman–Crippen MR) is 140 cm³/mol. The van der Waals surface area contributed by atoms with Crippen LogP contribution in [0.4, 0.5) is 0 Å². The second kappa shape index (κ2) is 6.85. The van der Waals surface area contributed by atoms with E-state index in [-0.39, 0.29) is 0 Å². The molecule has 154 valence electrons. The summed E-state index contributed by atoms with van der Waals surface area (Å²) >= 11 is 0. The van der Waals surface area contributed by atoms with Gasteiger partial charge in [0.1, 0.15) is 0 Å². The number of nitrogens with zero attached hydrogens (tertiary/aromatic N) is 2. The molecule has 0 bridgehead atoms. The van der Waals surface area contributed by atoms with Gasteiger partial charge in [-0.3, -0.25) is 0 Å². The number of fused-ring (bicyclic) bond motifs is 9. The Morgan fingerprint density at radius 1 is 0.485 bits per heavy atom. The maximum atomic E-state index is 5.16. The third-order valence-electron chi connectivity index (χ3n) is 6.75. The van der Waals surface area contributed by atoms with Crippen molar-refractivity contribution in [3.05, 3.63) is 109 Å². The summed E-state index contributed by atoms with van der Waals surface area (Å²) in [6.07, 6.45) is 0. The van der Waals surface area contributed by atoms with Crippen LogP contribution in [-0.4, -0.2) is 9.97 Å². The number of hydrogen-bond acceptors (Lipinski definition) is 2. The first-order valence-electron chi connectivity index (χ1n) is 11.3. The summed E-state index contributed by atoms with van der Waals surface area (Å²) < 4.78 is 0. The summed E-state index contributed by atoms with van der Waals surface area (Å²) in [6, 6.07) is 36.7. The molecule has 7 rings (SSSR count). The van der Waals surface area contributed by atoms with Crippen LogP contribution in [0.5, 0.6) is 0 Å². The van der Waals surface area contributed by atoms with Gasteiger partial charge in [0.05, 0.1) is 22.4 Å². The zero-order chi connectivity index (χ0) is 21.9. The molecular weight excluding hydrogens is 400 g/mol. The lowest BCUT2D eigenvalue weighted by molar-refractivity contribution is 1.19. The van der Waals surface area contributed by atoms with Crippen LogP contribution in [0.2, 0.25) is 0 Å². The fourth-order valence-corrected chi connectivity index (χ4v) is 5.21. The van der Waals surface area contributed by atoms with E-state index in [1.165, 1.54) is 37.7 Å². The smallest absolute Gasteiger partial charge is 0.0972 e. The molecule has 0 fully saturated rings. The lowest BCUT2D eigenvalue weighted by Crippen LogP contribution is -1.95. The number of benzene rings is 6. The van der Waals surface area contributed by atoms with Gasteiger partial charge in [0, 0.05) is 10.9 Å². The van der Waals surface area contributed by atoms with E-state index in [2.05, 4.69) is 110 Å². The molecule has 0 aliphatic heterocycles. The topological polar surface area (TPSA) is 25.8 Å². The van der Waals surface area contributed by atoms with Gasteiger partial charge in [-0.1, -0.05) is 91.0 Å². The van der Waals surface area contributed by atoms with Gasteiger partial charge >= 0.3 is 0 Å². The zero-order valence-electron chi connectivity index (χ0n) is 18.2. The van der Waals surface area contributed by atoms with E-state index in [1.807, 2.05) is 0 Å². The third kappa shape index (κ3) is 2.68. The van der Waals surface area contributed by atoms with E-state index >= 15 is 0 Å². The molecule has 0 N–H and O–H groups in total. The molecule has 2 heteroatoms. The second-order valence-electron chi connectivity index (χ2n) is 8.66. The van der Waals surface area contributed by atoms with E-state index < -0.39 is 0 Å². The largest absolute Gasteiger partial charge is 0.249 e. The highest BCUT2D eigenvalue weighted by molar-refractivity contribution is 6.25. The minimum Gasteiger partial charge on any atom is -0.249 e. The lowest BCUT2D eigenvalue weighted by Gasteiger charge is -2.13. The molecule has 0 aliphatic carbocycles. The highest BCUT2D eigenvalue weighted by Gasteiger charge is 2.13. The number of hydrogen-bond donors (Lipinski definition) is 0. The van der Waals surface area contributed by atoms with Gasteiger partial charge in [0.25, 0.3) is 0 Å². The van der Waals surface area contributed by atoms with Crippen LogP contribution >= 0.6 is 0 Å². The Morgan fingerprint density at radius 3 is 1.76 bits per heavy atom. The van der Waals surface area contributed by atoms with E-state index in [1.54, 1.807) is 0 Å². The van der Waals surface area contributed by atoms with Gasteiger partial charge in [-0.2, -0.15) is 0 Å². The third-order valence-corrected chi connectivity index (χ3v) is 6.75. The summed E-state index contributed by atoms with van der Waals surface area (Å²) in [5.41, 5.74) is 4.88. The zero-order valence-corrected chi connectivity index (χ0v) is 18.2. The molecular formula is C31H20N2. The summed E-state index contributed by atoms with van der Waals surface area (Å²) in [6.45, 7) is 2.06. The van der Waals surface area contributed by atoms with Crippen LogP contribution in [0, 0.1) is 6.92 Å².